The lowest BCUT2D eigenvalue weighted by atomic mass is 9.91. The average molecular weight is 333 g/mol. The van der Waals surface area contributed by atoms with Gasteiger partial charge in [0.1, 0.15) is 0 Å². The predicted octanol–water partition coefficient (Wildman–Crippen LogP) is 3.57. The molecule has 1 aliphatic rings. The Bertz CT molecular complexity index is 856. The summed E-state index contributed by atoms with van der Waals surface area (Å²) in [5.74, 6) is 1.36. The standard InChI is InChI=1S/C20H23N5/c1-15-13-21-20(23-19(15)18-10-11-22-24(18)2)25-12-6-9-17(14-25)16-7-4-3-5-8-16/h3-5,7-8,10-11,13,17H,6,9,12,14H2,1-2H3/t17-/m1/s1. The molecular formula is C20H23N5. The van der Waals surface area contributed by atoms with Gasteiger partial charge in [-0.1, -0.05) is 30.3 Å². The Morgan fingerprint density at radius 1 is 1.12 bits per heavy atom. The van der Waals surface area contributed by atoms with Gasteiger partial charge in [0.05, 0.1) is 11.4 Å². The van der Waals surface area contributed by atoms with Crippen LogP contribution in [0.15, 0.2) is 48.8 Å². The molecule has 2 aromatic heterocycles. The Labute approximate surface area is 148 Å². The van der Waals surface area contributed by atoms with Crippen LogP contribution >= 0.6 is 0 Å². The highest BCUT2D eigenvalue weighted by atomic mass is 15.3. The summed E-state index contributed by atoms with van der Waals surface area (Å²) >= 11 is 0. The molecule has 0 spiro atoms. The summed E-state index contributed by atoms with van der Waals surface area (Å²) < 4.78 is 1.86. The van der Waals surface area contributed by atoms with Crippen molar-refractivity contribution in [2.75, 3.05) is 18.0 Å². The first kappa shape index (κ1) is 15.8. The number of aryl methyl sites for hydroxylation is 2. The first-order valence-corrected chi connectivity index (χ1v) is 8.84. The summed E-state index contributed by atoms with van der Waals surface area (Å²) in [5.41, 5.74) is 4.47. The molecule has 25 heavy (non-hydrogen) atoms. The minimum atomic E-state index is 0.542. The van der Waals surface area contributed by atoms with Crippen LogP contribution in [0, 0.1) is 6.92 Å². The van der Waals surface area contributed by atoms with E-state index in [1.807, 2.05) is 30.2 Å². The molecule has 5 nitrogen and oxygen atoms in total. The van der Waals surface area contributed by atoms with Gasteiger partial charge < -0.3 is 4.90 Å². The van der Waals surface area contributed by atoms with Gasteiger partial charge in [-0.15, -0.1) is 0 Å². The van der Waals surface area contributed by atoms with Crippen LogP contribution in [-0.4, -0.2) is 32.8 Å². The van der Waals surface area contributed by atoms with E-state index >= 15 is 0 Å². The smallest absolute Gasteiger partial charge is 0.225 e. The number of benzene rings is 1. The van der Waals surface area contributed by atoms with Crippen molar-refractivity contribution in [3.8, 4) is 11.4 Å². The van der Waals surface area contributed by atoms with Gasteiger partial charge in [-0.3, -0.25) is 4.68 Å². The molecule has 4 rings (SSSR count). The second-order valence-corrected chi connectivity index (χ2v) is 6.74. The summed E-state index contributed by atoms with van der Waals surface area (Å²) in [6, 6.07) is 12.8. The van der Waals surface area contributed by atoms with E-state index in [9.17, 15) is 0 Å². The van der Waals surface area contributed by atoms with Crippen molar-refractivity contribution in [1.29, 1.82) is 0 Å². The zero-order chi connectivity index (χ0) is 17.2. The van der Waals surface area contributed by atoms with Gasteiger partial charge in [0.2, 0.25) is 5.95 Å². The van der Waals surface area contributed by atoms with Crippen LogP contribution < -0.4 is 4.90 Å². The molecule has 0 amide bonds. The molecule has 1 aliphatic heterocycles. The molecule has 0 aliphatic carbocycles. The van der Waals surface area contributed by atoms with Crippen molar-refractivity contribution in [2.24, 2.45) is 7.05 Å². The maximum absolute atomic E-state index is 4.88. The lowest BCUT2D eigenvalue weighted by molar-refractivity contribution is 0.503. The van der Waals surface area contributed by atoms with Crippen LogP contribution in [0.4, 0.5) is 5.95 Å². The molecule has 3 aromatic rings. The third-order valence-corrected chi connectivity index (χ3v) is 5.00. The Morgan fingerprint density at radius 2 is 1.96 bits per heavy atom. The van der Waals surface area contributed by atoms with Crippen molar-refractivity contribution in [2.45, 2.75) is 25.7 Å². The Balaban J connectivity index is 1.62. The minimum absolute atomic E-state index is 0.542. The van der Waals surface area contributed by atoms with Crippen molar-refractivity contribution >= 4 is 5.95 Å². The van der Waals surface area contributed by atoms with E-state index in [-0.39, 0.29) is 0 Å². The lowest BCUT2D eigenvalue weighted by Gasteiger charge is -2.33. The van der Waals surface area contributed by atoms with Gasteiger partial charge in [-0.2, -0.15) is 5.10 Å². The molecule has 0 saturated carbocycles. The van der Waals surface area contributed by atoms with E-state index in [0.29, 0.717) is 5.92 Å². The highest BCUT2D eigenvalue weighted by molar-refractivity contribution is 5.60. The van der Waals surface area contributed by atoms with E-state index in [1.165, 1.54) is 12.0 Å². The minimum Gasteiger partial charge on any atom is -0.340 e. The molecule has 128 valence electrons. The molecule has 1 aromatic carbocycles. The quantitative estimate of drug-likeness (QED) is 0.735. The zero-order valence-electron chi connectivity index (χ0n) is 14.8. The van der Waals surface area contributed by atoms with Crippen molar-refractivity contribution in [1.82, 2.24) is 19.7 Å². The van der Waals surface area contributed by atoms with Crippen LogP contribution in [0.2, 0.25) is 0 Å². The molecule has 1 fully saturated rings. The number of piperidine rings is 1. The molecule has 0 bridgehead atoms. The maximum Gasteiger partial charge on any atom is 0.225 e. The third-order valence-electron chi connectivity index (χ3n) is 5.00. The number of hydrogen-bond donors (Lipinski definition) is 0. The van der Waals surface area contributed by atoms with Gasteiger partial charge in [-0.05, 0) is 37.0 Å². The van der Waals surface area contributed by atoms with E-state index in [2.05, 4.69) is 52.2 Å². The number of hydrogen-bond acceptors (Lipinski definition) is 4. The average Bonchev–Trinajstić information content (AvgIpc) is 3.09. The van der Waals surface area contributed by atoms with Gasteiger partial charge in [0.15, 0.2) is 0 Å². The van der Waals surface area contributed by atoms with Gasteiger partial charge in [-0.25, -0.2) is 9.97 Å². The number of nitrogens with zero attached hydrogens (tertiary/aromatic N) is 5. The number of aromatic nitrogens is 4. The van der Waals surface area contributed by atoms with E-state index in [0.717, 1.165) is 42.4 Å². The SMILES string of the molecule is Cc1cnc(N2CCC[C@@H](c3ccccc3)C2)nc1-c1ccnn1C. The maximum atomic E-state index is 4.88. The summed E-state index contributed by atoms with van der Waals surface area (Å²) in [7, 11) is 1.95. The van der Waals surface area contributed by atoms with Crippen LogP contribution in [-0.2, 0) is 7.05 Å². The molecule has 0 radical (unpaired) electrons. The fourth-order valence-corrected chi connectivity index (χ4v) is 3.61. The van der Waals surface area contributed by atoms with Crippen molar-refractivity contribution < 1.29 is 0 Å². The largest absolute Gasteiger partial charge is 0.340 e. The van der Waals surface area contributed by atoms with E-state index in [4.69, 9.17) is 4.98 Å². The number of anilines is 1. The van der Waals surface area contributed by atoms with Crippen LogP contribution in [0.1, 0.15) is 29.9 Å². The highest BCUT2D eigenvalue weighted by Gasteiger charge is 2.23. The monoisotopic (exact) mass is 333 g/mol. The van der Waals surface area contributed by atoms with E-state index in [1.54, 1.807) is 0 Å². The second-order valence-electron chi connectivity index (χ2n) is 6.74. The van der Waals surface area contributed by atoms with Crippen LogP contribution in [0.5, 0.6) is 0 Å². The highest BCUT2D eigenvalue weighted by Crippen LogP contribution is 2.29. The number of rotatable bonds is 3. The fraction of sp³-hybridized carbons (Fsp3) is 0.350. The van der Waals surface area contributed by atoms with E-state index < -0.39 is 0 Å². The van der Waals surface area contributed by atoms with Gasteiger partial charge >= 0.3 is 0 Å². The summed E-state index contributed by atoms with van der Waals surface area (Å²) in [6.07, 6.45) is 6.12. The predicted molar refractivity (Wildman–Crippen MR) is 99.6 cm³/mol. The first-order chi connectivity index (χ1) is 12.2. The zero-order valence-corrected chi connectivity index (χ0v) is 14.8. The van der Waals surface area contributed by atoms with Crippen molar-refractivity contribution in [3.63, 3.8) is 0 Å². The molecule has 5 heteroatoms. The van der Waals surface area contributed by atoms with Gasteiger partial charge in [0.25, 0.3) is 0 Å². The Hall–Kier alpha value is -2.69. The molecule has 1 atom stereocenters. The first-order valence-electron chi connectivity index (χ1n) is 8.84. The Morgan fingerprint density at radius 3 is 2.72 bits per heavy atom. The normalized spacial score (nSPS) is 17.7. The van der Waals surface area contributed by atoms with Crippen LogP contribution in [0.3, 0.4) is 0 Å². The summed E-state index contributed by atoms with van der Waals surface area (Å²) in [6.45, 7) is 4.03. The molecule has 1 saturated heterocycles. The fourth-order valence-electron chi connectivity index (χ4n) is 3.61. The third kappa shape index (κ3) is 3.14. The van der Waals surface area contributed by atoms with Crippen LogP contribution in [0.25, 0.3) is 11.4 Å². The topological polar surface area (TPSA) is 46.8 Å². The molecule has 0 unspecified atom stereocenters. The molecular weight excluding hydrogens is 310 g/mol. The van der Waals surface area contributed by atoms with Gasteiger partial charge in [0, 0.05) is 38.4 Å². The summed E-state index contributed by atoms with van der Waals surface area (Å²) in [4.78, 5) is 11.8. The molecule has 3 heterocycles. The molecule has 0 N–H and O–H groups in total. The second kappa shape index (κ2) is 6.67. The lowest BCUT2D eigenvalue weighted by Crippen LogP contribution is -2.35. The Kier molecular flexibility index (Phi) is 4.22. The summed E-state index contributed by atoms with van der Waals surface area (Å²) in [5, 5.41) is 4.27. The van der Waals surface area contributed by atoms with Crippen molar-refractivity contribution in [3.05, 3.63) is 59.9 Å².